The number of hydrogen-bond donors (Lipinski definition) is 1. The zero-order chi connectivity index (χ0) is 18.6. The molecule has 1 aliphatic heterocycles. The summed E-state index contributed by atoms with van der Waals surface area (Å²) in [7, 11) is 1.34. The second kappa shape index (κ2) is 6.76. The van der Waals surface area contributed by atoms with E-state index in [9.17, 15) is 25.1 Å². The van der Waals surface area contributed by atoms with E-state index in [4.69, 9.17) is 14.2 Å². The van der Waals surface area contributed by atoms with E-state index in [-0.39, 0.29) is 69.9 Å². The number of nitro benzene ring substituents is 1. The smallest absolute Gasteiger partial charge is 0.872 e. The topological polar surface area (TPSA) is 131 Å². The molecule has 0 radical (unpaired) electrons. The Bertz CT molecular complexity index is 1130. The minimum Gasteiger partial charge on any atom is -0.872 e. The fourth-order valence-electron chi connectivity index (χ4n) is 3.21. The molecule has 0 atom stereocenters. The van der Waals surface area contributed by atoms with E-state index in [2.05, 4.69) is 0 Å². The number of benzene rings is 3. The number of non-ortho nitro benzene ring substituents is 1. The molecule has 1 aliphatic rings. The van der Waals surface area contributed by atoms with Crippen LogP contribution in [-0.4, -0.2) is 29.9 Å². The average Bonchev–Trinajstić information content (AvgIpc) is 3.07. The first kappa shape index (κ1) is 19.0. The largest absolute Gasteiger partial charge is 1.00 e. The molecule has 0 aromatic heterocycles. The summed E-state index contributed by atoms with van der Waals surface area (Å²) < 4.78 is 15.9. The third-order valence-corrected chi connectivity index (χ3v) is 4.23. The van der Waals surface area contributed by atoms with Crippen molar-refractivity contribution in [1.29, 1.82) is 0 Å². The predicted octanol–water partition coefficient (Wildman–Crippen LogP) is -0.586. The van der Waals surface area contributed by atoms with Crippen LogP contribution in [0.15, 0.2) is 24.3 Å². The Morgan fingerprint density at radius 2 is 1.93 bits per heavy atom. The van der Waals surface area contributed by atoms with E-state index >= 15 is 0 Å². The molecule has 27 heavy (non-hydrogen) atoms. The van der Waals surface area contributed by atoms with Gasteiger partial charge in [0.05, 0.1) is 23.0 Å². The van der Waals surface area contributed by atoms with Crippen molar-refractivity contribution in [2.75, 3.05) is 13.9 Å². The Morgan fingerprint density at radius 1 is 1.19 bits per heavy atom. The van der Waals surface area contributed by atoms with Gasteiger partial charge in [-0.3, -0.25) is 10.1 Å². The van der Waals surface area contributed by atoms with E-state index in [1.54, 1.807) is 0 Å². The van der Waals surface area contributed by atoms with Crippen molar-refractivity contribution in [3.8, 4) is 23.0 Å². The molecule has 3 aromatic carbocycles. The van der Waals surface area contributed by atoms with Gasteiger partial charge in [-0.1, -0.05) is 6.07 Å². The van der Waals surface area contributed by atoms with Crippen LogP contribution in [0.3, 0.4) is 0 Å². The van der Waals surface area contributed by atoms with Gasteiger partial charge in [0.1, 0.15) is 5.75 Å². The monoisotopic (exact) mass is 379 g/mol. The molecule has 0 unspecified atom stereocenters. The Labute approximate surface area is 173 Å². The number of nitro groups is 1. The Morgan fingerprint density at radius 3 is 2.56 bits per heavy atom. The molecule has 10 heteroatoms. The number of carboxylic acid groups (broad SMARTS) is 1. The van der Waals surface area contributed by atoms with Crippen molar-refractivity contribution in [3.05, 3.63) is 39.9 Å². The van der Waals surface area contributed by atoms with Gasteiger partial charge in [-0.25, -0.2) is 4.79 Å². The molecular formula is C17H10NNaO8. The predicted molar refractivity (Wildman–Crippen MR) is 87.2 cm³/mol. The molecule has 4 rings (SSSR count). The number of methoxy groups -OCH3 is 1. The summed E-state index contributed by atoms with van der Waals surface area (Å²) in [5.74, 6) is -1.30. The Hall–Kier alpha value is -2.75. The van der Waals surface area contributed by atoms with Gasteiger partial charge in [-0.2, -0.15) is 0 Å². The standard InChI is InChI=1S/C17H11NO8.Na/c1-24-12-3-7(19)2-9-8(12)4-11(18(22)23)14-10(17(20)21)5-13-16(15(9)14)26-6-25-13;/h2-5,19H,6H2,1H3,(H,20,21);/q;+1/p-1. The third kappa shape index (κ3) is 2.80. The van der Waals surface area contributed by atoms with Crippen LogP contribution in [0.2, 0.25) is 0 Å². The minimum atomic E-state index is -1.36. The van der Waals surface area contributed by atoms with Gasteiger partial charge in [0.15, 0.2) is 11.5 Å². The number of rotatable bonds is 3. The van der Waals surface area contributed by atoms with Gasteiger partial charge in [0.2, 0.25) is 6.79 Å². The van der Waals surface area contributed by atoms with Gasteiger partial charge in [-0.15, -0.1) is 5.75 Å². The van der Waals surface area contributed by atoms with Crippen LogP contribution >= 0.6 is 0 Å². The summed E-state index contributed by atoms with van der Waals surface area (Å²) >= 11 is 0. The van der Waals surface area contributed by atoms with Gasteiger partial charge in [0, 0.05) is 16.8 Å². The van der Waals surface area contributed by atoms with Crippen molar-refractivity contribution in [3.63, 3.8) is 0 Å². The van der Waals surface area contributed by atoms with E-state index < -0.39 is 22.3 Å². The molecule has 9 nitrogen and oxygen atoms in total. The number of nitrogens with zero attached hydrogens (tertiary/aromatic N) is 1. The first-order valence-electron chi connectivity index (χ1n) is 7.38. The first-order valence-corrected chi connectivity index (χ1v) is 7.38. The Kier molecular flexibility index (Phi) is 4.77. The molecule has 0 saturated carbocycles. The number of aromatic carboxylic acids is 1. The van der Waals surface area contributed by atoms with E-state index in [0.29, 0.717) is 10.8 Å². The maximum atomic E-state index is 12.0. The molecule has 0 spiro atoms. The van der Waals surface area contributed by atoms with E-state index in [1.165, 1.54) is 31.4 Å². The summed E-state index contributed by atoms with van der Waals surface area (Å²) in [4.78, 5) is 22.7. The molecule has 1 heterocycles. The SMILES string of the molecule is COc1cc([O-])cc2c1cc([N+](=O)[O-])c1c(C(=O)O)cc3c(c12)OCO3.[Na+]. The molecule has 3 aromatic rings. The van der Waals surface area contributed by atoms with Crippen molar-refractivity contribution in [2.45, 2.75) is 0 Å². The number of hydrogen-bond acceptors (Lipinski definition) is 7. The molecule has 0 amide bonds. The van der Waals surface area contributed by atoms with Gasteiger partial charge in [-0.05, 0) is 17.5 Å². The maximum Gasteiger partial charge on any atom is 1.00 e. The molecule has 0 bridgehead atoms. The zero-order valence-corrected chi connectivity index (χ0v) is 16.3. The van der Waals surface area contributed by atoms with Gasteiger partial charge >= 0.3 is 35.5 Å². The summed E-state index contributed by atoms with van der Waals surface area (Å²) in [6, 6.07) is 4.85. The molecule has 0 aliphatic carbocycles. The molecule has 1 N–H and O–H groups in total. The second-order valence-corrected chi connectivity index (χ2v) is 5.59. The Balaban J connectivity index is 0.00000210. The van der Waals surface area contributed by atoms with E-state index in [0.717, 1.165) is 0 Å². The third-order valence-electron chi connectivity index (χ3n) is 4.23. The van der Waals surface area contributed by atoms with Crippen molar-refractivity contribution >= 4 is 33.2 Å². The molecule has 0 fully saturated rings. The first-order chi connectivity index (χ1) is 12.4. The van der Waals surface area contributed by atoms with Crippen molar-refractivity contribution < 1.29 is 63.7 Å². The summed E-state index contributed by atoms with van der Waals surface area (Å²) in [5.41, 5.74) is -0.742. The van der Waals surface area contributed by atoms with Crippen LogP contribution in [0.1, 0.15) is 10.4 Å². The number of carboxylic acids is 1. The van der Waals surface area contributed by atoms with Gasteiger partial charge < -0.3 is 24.4 Å². The van der Waals surface area contributed by atoms with Crippen molar-refractivity contribution in [2.24, 2.45) is 0 Å². The summed E-state index contributed by atoms with van der Waals surface area (Å²) in [5, 5.41) is 33.8. The zero-order valence-electron chi connectivity index (χ0n) is 14.3. The van der Waals surface area contributed by atoms with Gasteiger partial charge in [0.25, 0.3) is 5.69 Å². The van der Waals surface area contributed by atoms with Crippen LogP contribution in [-0.2, 0) is 0 Å². The number of ether oxygens (including phenoxy) is 3. The fraction of sp³-hybridized carbons (Fsp3) is 0.118. The van der Waals surface area contributed by atoms with Crippen LogP contribution in [0.5, 0.6) is 23.0 Å². The van der Waals surface area contributed by atoms with E-state index in [1.807, 2.05) is 0 Å². The van der Waals surface area contributed by atoms with Crippen LogP contribution in [0, 0.1) is 10.1 Å². The van der Waals surface area contributed by atoms with Crippen LogP contribution in [0.25, 0.3) is 21.5 Å². The fourth-order valence-corrected chi connectivity index (χ4v) is 3.21. The number of carbonyl (C=O) groups is 1. The quantitative estimate of drug-likeness (QED) is 0.277. The normalized spacial score (nSPS) is 12.0. The van der Waals surface area contributed by atoms with Crippen LogP contribution < -0.4 is 48.9 Å². The number of fused-ring (bicyclic) bond motifs is 5. The second-order valence-electron chi connectivity index (χ2n) is 5.59. The summed E-state index contributed by atoms with van der Waals surface area (Å²) in [6.45, 7) is -0.161. The molecule has 132 valence electrons. The minimum absolute atomic E-state index is 0. The van der Waals surface area contributed by atoms with Crippen molar-refractivity contribution in [1.82, 2.24) is 0 Å². The average molecular weight is 379 g/mol. The molecule has 0 saturated heterocycles. The molecular weight excluding hydrogens is 369 g/mol. The summed E-state index contributed by atoms with van der Waals surface area (Å²) in [6.07, 6.45) is 0. The van der Waals surface area contributed by atoms with Crippen LogP contribution in [0.4, 0.5) is 5.69 Å². The maximum absolute atomic E-state index is 12.0.